The van der Waals surface area contributed by atoms with E-state index in [0.29, 0.717) is 25.3 Å². The average Bonchev–Trinajstić information content (AvgIpc) is 3.98. The molecule has 2 fully saturated rings. The highest BCUT2D eigenvalue weighted by atomic mass is 32.1. The number of allylic oxidation sites excluding steroid dienone is 1. The maximum atomic E-state index is 13.9. The molecule has 3 aliphatic rings. The van der Waals surface area contributed by atoms with Crippen molar-refractivity contribution in [2.45, 2.75) is 77.0 Å². The quantitative estimate of drug-likeness (QED) is 0.165. The van der Waals surface area contributed by atoms with Crippen LogP contribution in [0.25, 0.3) is 26.2 Å². The number of rotatable bonds is 11. The largest absolute Gasteiger partial charge is 0.387 e. The summed E-state index contributed by atoms with van der Waals surface area (Å²) in [5, 5.41) is 19.1. The van der Waals surface area contributed by atoms with Gasteiger partial charge in [0.2, 0.25) is 23.6 Å². The number of imidazole rings is 1. The zero-order chi connectivity index (χ0) is 36.5. The van der Waals surface area contributed by atoms with Gasteiger partial charge in [-0.25, -0.2) is 4.98 Å². The summed E-state index contributed by atoms with van der Waals surface area (Å²) in [4.78, 5) is 68.3. The molecule has 4 aromatic rings. The van der Waals surface area contributed by atoms with Gasteiger partial charge in [0.1, 0.15) is 24.5 Å². The Hall–Kier alpha value is -4.66. The molecule has 1 unspecified atom stereocenters. The SMILES string of the molecule is CC(=O)N[C@@H](C(=O)N1CCCC1C1=NC=C(c2csc3c(-c4cnc([C@@H]5CCCN5C(=O)[C@@H](NC(=O)CO)C(C)C)[nH]4)csc23)C1)c1ccccc1. The summed E-state index contributed by atoms with van der Waals surface area (Å²) in [6.07, 6.45) is 7.72. The first-order valence-electron chi connectivity index (χ1n) is 17.8. The van der Waals surface area contributed by atoms with Crippen molar-refractivity contribution >= 4 is 67.0 Å². The van der Waals surface area contributed by atoms with Gasteiger partial charge < -0.3 is 30.5 Å². The fraction of sp³-hybridized carbons (Fsp3) is 0.421. The number of likely N-dealkylation sites (tertiary alicyclic amines) is 2. The third kappa shape index (κ3) is 6.94. The maximum absolute atomic E-state index is 13.9. The lowest BCUT2D eigenvalue weighted by Crippen LogP contribution is -2.51. The topological polar surface area (TPSA) is 160 Å². The molecule has 7 rings (SSSR count). The van der Waals surface area contributed by atoms with Crippen LogP contribution in [-0.2, 0) is 19.2 Å². The molecular weight excluding hydrogens is 699 g/mol. The monoisotopic (exact) mass is 741 g/mol. The minimum absolute atomic E-state index is 0.113. The van der Waals surface area contributed by atoms with Crippen LogP contribution in [0.1, 0.15) is 81.9 Å². The van der Waals surface area contributed by atoms with Gasteiger partial charge in [0.15, 0.2) is 0 Å². The van der Waals surface area contributed by atoms with Gasteiger partial charge in [0.05, 0.1) is 33.4 Å². The van der Waals surface area contributed by atoms with Crippen LogP contribution in [0.3, 0.4) is 0 Å². The summed E-state index contributed by atoms with van der Waals surface area (Å²) in [7, 11) is 0. The first-order valence-corrected chi connectivity index (χ1v) is 19.5. The number of hydrogen-bond acceptors (Lipinski definition) is 9. The molecule has 0 aliphatic carbocycles. The van der Waals surface area contributed by atoms with Gasteiger partial charge in [-0.3, -0.25) is 24.2 Å². The number of thiophene rings is 2. The van der Waals surface area contributed by atoms with E-state index in [4.69, 9.17) is 9.98 Å². The highest BCUT2D eigenvalue weighted by Crippen LogP contribution is 2.44. The van der Waals surface area contributed by atoms with Crippen molar-refractivity contribution in [3.8, 4) is 11.3 Å². The molecule has 14 heteroatoms. The number of aliphatic hydroxyl groups excluding tert-OH is 1. The molecule has 3 aromatic heterocycles. The molecule has 6 heterocycles. The van der Waals surface area contributed by atoms with Crippen LogP contribution in [0.5, 0.6) is 0 Å². The van der Waals surface area contributed by atoms with E-state index in [9.17, 15) is 24.3 Å². The summed E-state index contributed by atoms with van der Waals surface area (Å²) in [5.41, 5.74) is 5.93. The molecule has 3 aliphatic heterocycles. The second-order valence-electron chi connectivity index (χ2n) is 14.0. The van der Waals surface area contributed by atoms with Gasteiger partial charge in [0, 0.05) is 60.2 Å². The lowest BCUT2D eigenvalue weighted by atomic mass is 9.99. The Bertz CT molecular complexity index is 2050. The molecule has 272 valence electrons. The van der Waals surface area contributed by atoms with E-state index in [1.807, 2.05) is 61.5 Å². The number of nitrogens with one attached hydrogen (secondary N) is 3. The molecule has 52 heavy (non-hydrogen) atoms. The number of aromatic amines is 1. The van der Waals surface area contributed by atoms with E-state index < -0.39 is 24.6 Å². The zero-order valence-corrected chi connectivity index (χ0v) is 31.1. The summed E-state index contributed by atoms with van der Waals surface area (Å²) in [6, 6.07) is 7.55. The molecule has 1 aromatic carbocycles. The molecule has 12 nitrogen and oxygen atoms in total. The Kier molecular flexibility index (Phi) is 10.4. The van der Waals surface area contributed by atoms with Crippen molar-refractivity contribution in [3.63, 3.8) is 0 Å². The molecule has 0 saturated carbocycles. The number of fused-ring (bicyclic) bond motifs is 1. The van der Waals surface area contributed by atoms with Crippen LogP contribution in [0.2, 0.25) is 0 Å². The summed E-state index contributed by atoms with van der Waals surface area (Å²) in [6.45, 7) is 5.72. The van der Waals surface area contributed by atoms with Crippen LogP contribution >= 0.6 is 22.7 Å². The van der Waals surface area contributed by atoms with E-state index in [1.165, 1.54) is 11.6 Å². The highest BCUT2D eigenvalue weighted by Gasteiger charge is 2.39. The van der Waals surface area contributed by atoms with Crippen LogP contribution in [0.15, 0.2) is 58.5 Å². The third-order valence-electron chi connectivity index (χ3n) is 10.2. The van der Waals surface area contributed by atoms with Crippen LogP contribution in [0.4, 0.5) is 0 Å². The molecule has 4 amide bonds. The molecular formula is C38H43N7O5S2. The molecule has 4 atom stereocenters. The minimum atomic E-state index is -0.744. The van der Waals surface area contributed by atoms with Crippen molar-refractivity contribution in [3.05, 3.63) is 70.4 Å². The number of carbonyl (C=O) groups is 4. The lowest BCUT2D eigenvalue weighted by Gasteiger charge is -2.30. The van der Waals surface area contributed by atoms with E-state index in [-0.39, 0.29) is 35.7 Å². The van der Waals surface area contributed by atoms with E-state index in [1.54, 1.807) is 27.6 Å². The highest BCUT2D eigenvalue weighted by molar-refractivity contribution is 7.27. The summed E-state index contributed by atoms with van der Waals surface area (Å²) < 4.78 is 2.32. The molecule has 4 N–H and O–H groups in total. The first kappa shape index (κ1) is 35.7. The van der Waals surface area contributed by atoms with E-state index >= 15 is 0 Å². The first-order chi connectivity index (χ1) is 25.1. The Labute approximate surface area is 310 Å². The minimum Gasteiger partial charge on any atom is -0.387 e. The van der Waals surface area contributed by atoms with Crippen molar-refractivity contribution in [1.29, 1.82) is 0 Å². The number of aliphatic imine (C=N–C) groups is 1. The van der Waals surface area contributed by atoms with Crippen LogP contribution in [-0.4, -0.2) is 86.0 Å². The second kappa shape index (κ2) is 15.1. The number of benzene rings is 1. The van der Waals surface area contributed by atoms with Gasteiger partial charge in [0.25, 0.3) is 0 Å². The normalized spacial score (nSPS) is 19.9. The molecule has 2 saturated heterocycles. The summed E-state index contributed by atoms with van der Waals surface area (Å²) in [5.74, 6) is -0.520. The van der Waals surface area contributed by atoms with E-state index in [2.05, 4.69) is 26.4 Å². The molecule has 0 radical (unpaired) electrons. The number of amides is 4. The summed E-state index contributed by atoms with van der Waals surface area (Å²) >= 11 is 3.36. The van der Waals surface area contributed by atoms with Gasteiger partial charge in [-0.2, -0.15) is 0 Å². The zero-order valence-electron chi connectivity index (χ0n) is 29.4. The number of hydrogen-bond donors (Lipinski definition) is 4. The molecule has 0 spiro atoms. The number of carbonyl (C=O) groups excluding carboxylic acids is 4. The Balaban J connectivity index is 1.05. The Morgan fingerprint density at radius 2 is 1.62 bits per heavy atom. The van der Waals surface area contributed by atoms with Gasteiger partial charge in [-0.05, 0) is 42.7 Å². The van der Waals surface area contributed by atoms with Gasteiger partial charge in [-0.1, -0.05) is 44.2 Å². The van der Waals surface area contributed by atoms with E-state index in [0.717, 1.165) is 64.1 Å². The number of aromatic nitrogens is 2. The number of nitrogens with zero attached hydrogens (tertiary/aromatic N) is 4. The lowest BCUT2D eigenvalue weighted by molar-refractivity contribution is -0.139. The number of aliphatic hydroxyl groups is 1. The maximum Gasteiger partial charge on any atom is 0.250 e. The predicted molar refractivity (Wildman–Crippen MR) is 203 cm³/mol. The Morgan fingerprint density at radius 1 is 0.942 bits per heavy atom. The number of H-pyrrole nitrogens is 1. The fourth-order valence-electron chi connectivity index (χ4n) is 7.59. The van der Waals surface area contributed by atoms with Gasteiger partial charge >= 0.3 is 0 Å². The van der Waals surface area contributed by atoms with Crippen LogP contribution in [0, 0.1) is 5.92 Å². The predicted octanol–water partition coefficient (Wildman–Crippen LogP) is 5.20. The second-order valence-corrected chi connectivity index (χ2v) is 15.7. The van der Waals surface area contributed by atoms with Crippen molar-refractivity contribution in [2.24, 2.45) is 10.9 Å². The Morgan fingerprint density at radius 3 is 2.31 bits per heavy atom. The smallest absolute Gasteiger partial charge is 0.250 e. The third-order valence-corrected chi connectivity index (χ3v) is 12.3. The average molecular weight is 742 g/mol. The van der Waals surface area contributed by atoms with Gasteiger partial charge in [-0.15, -0.1) is 22.7 Å². The standard InChI is InChI=1S/C38H43N7O5S2/c1-21(2)32(43-31(48)18-46)37(49)45-14-8-12-30(45)36-40-17-28(42-36)26-20-52-34-25(19-51-35(26)34)24-15-27(39-16-24)29-11-7-13-44(29)38(50)33(41-22(3)47)23-9-5-4-6-10-23/h4-6,9-10,16-17,19-21,29-30,32-33,46H,7-8,11-15,18H2,1-3H3,(H,40,42)(H,41,47)(H,43,48)/t29?,30-,32-,33+/m0/s1. The molecule has 0 bridgehead atoms. The van der Waals surface area contributed by atoms with Crippen molar-refractivity contribution in [2.75, 3.05) is 19.7 Å². The van der Waals surface area contributed by atoms with Crippen LogP contribution < -0.4 is 10.6 Å². The van der Waals surface area contributed by atoms with Crippen molar-refractivity contribution < 1.29 is 24.3 Å². The fourth-order valence-corrected chi connectivity index (χ4v) is 10.1. The van der Waals surface area contributed by atoms with Crippen molar-refractivity contribution in [1.82, 2.24) is 30.4 Å².